The zero-order chi connectivity index (χ0) is 18.7. The molecule has 0 bridgehead atoms. The summed E-state index contributed by atoms with van der Waals surface area (Å²) in [4.78, 5) is 52.8. The largest absolute Gasteiger partial charge is 0.352 e. The number of primary amides is 1. The molecular weight excluding hydrogens is 338 g/mol. The summed E-state index contributed by atoms with van der Waals surface area (Å²) in [7, 11) is 0. The molecule has 0 spiro atoms. The topological polar surface area (TPSA) is 119 Å². The molecule has 1 aliphatic heterocycles. The third kappa shape index (κ3) is 3.39. The summed E-state index contributed by atoms with van der Waals surface area (Å²) in [5.74, 6) is -2.28. The third-order valence-electron chi connectivity index (χ3n) is 3.84. The number of benzene rings is 2. The molecule has 1 unspecified atom stereocenters. The van der Waals surface area contributed by atoms with Crippen molar-refractivity contribution in [2.45, 2.75) is 12.5 Å². The summed E-state index contributed by atoms with van der Waals surface area (Å²) >= 11 is 0. The molecule has 1 atom stereocenters. The van der Waals surface area contributed by atoms with E-state index in [1.54, 1.807) is 42.5 Å². The van der Waals surface area contributed by atoms with Crippen LogP contribution in [0.4, 0.5) is 4.79 Å². The molecule has 2 aromatic rings. The van der Waals surface area contributed by atoms with Gasteiger partial charge in [-0.2, -0.15) is 0 Å². The van der Waals surface area contributed by atoms with Gasteiger partial charge >= 0.3 is 12.0 Å². The van der Waals surface area contributed by atoms with E-state index in [1.165, 1.54) is 12.1 Å². The van der Waals surface area contributed by atoms with Crippen LogP contribution in [-0.4, -0.2) is 28.9 Å². The maximum absolute atomic E-state index is 12.2. The molecule has 0 saturated heterocycles. The molecule has 1 aliphatic rings. The minimum Gasteiger partial charge on any atom is -0.352 e. The van der Waals surface area contributed by atoms with Gasteiger partial charge in [-0.1, -0.05) is 47.5 Å². The summed E-state index contributed by atoms with van der Waals surface area (Å²) in [6.45, 7) is 0. The van der Waals surface area contributed by atoms with Crippen LogP contribution in [-0.2, 0) is 9.63 Å². The molecule has 8 heteroatoms. The van der Waals surface area contributed by atoms with E-state index in [1.807, 2.05) is 0 Å². The van der Waals surface area contributed by atoms with Gasteiger partial charge in [0.05, 0.1) is 23.6 Å². The number of nitrogens with two attached hydrogens (primary N) is 1. The van der Waals surface area contributed by atoms with Crippen LogP contribution >= 0.6 is 0 Å². The summed E-state index contributed by atoms with van der Waals surface area (Å²) in [6, 6.07) is 13.3. The third-order valence-corrected chi connectivity index (χ3v) is 3.84. The van der Waals surface area contributed by atoms with Crippen LogP contribution in [0.2, 0.25) is 0 Å². The smallest absolute Gasteiger partial charge is 0.335 e. The molecule has 8 nitrogen and oxygen atoms in total. The number of urea groups is 1. The summed E-state index contributed by atoms with van der Waals surface area (Å²) in [5, 5.41) is 2.87. The maximum atomic E-state index is 12.2. The highest BCUT2D eigenvalue weighted by molar-refractivity contribution is 6.20. The second kappa shape index (κ2) is 7.06. The fourth-order valence-corrected chi connectivity index (χ4v) is 2.67. The second-order valence-corrected chi connectivity index (χ2v) is 5.59. The summed E-state index contributed by atoms with van der Waals surface area (Å²) in [6.07, 6.45) is -0.305. The van der Waals surface area contributed by atoms with Crippen LogP contribution in [0.1, 0.15) is 38.7 Å². The van der Waals surface area contributed by atoms with Crippen molar-refractivity contribution in [3.05, 3.63) is 71.3 Å². The lowest BCUT2D eigenvalue weighted by atomic mass is 10.0. The number of hydrogen-bond donors (Lipinski definition) is 2. The van der Waals surface area contributed by atoms with E-state index >= 15 is 0 Å². The first-order valence-electron chi connectivity index (χ1n) is 7.77. The summed E-state index contributed by atoms with van der Waals surface area (Å²) < 4.78 is 0. The molecule has 2 aromatic carbocycles. The van der Waals surface area contributed by atoms with Crippen molar-refractivity contribution in [3.63, 3.8) is 0 Å². The van der Waals surface area contributed by atoms with Crippen LogP contribution in [0.15, 0.2) is 54.6 Å². The van der Waals surface area contributed by atoms with E-state index in [-0.39, 0.29) is 17.5 Å². The fraction of sp³-hybridized carbons (Fsp3) is 0.111. The quantitative estimate of drug-likeness (QED) is 0.790. The Morgan fingerprint density at radius 1 is 0.962 bits per heavy atom. The lowest BCUT2D eigenvalue weighted by Crippen LogP contribution is -2.37. The average Bonchev–Trinajstić information content (AvgIpc) is 2.87. The van der Waals surface area contributed by atoms with Crippen molar-refractivity contribution in [2.75, 3.05) is 0 Å². The highest BCUT2D eigenvalue weighted by atomic mass is 16.7. The van der Waals surface area contributed by atoms with Gasteiger partial charge in [0.2, 0.25) is 0 Å². The summed E-state index contributed by atoms with van der Waals surface area (Å²) in [5.41, 5.74) is 6.11. The number of hydroxylamine groups is 2. The van der Waals surface area contributed by atoms with Crippen molar-refractivity contribution >= 4 is 23.8 Å². The van der Waals surface area contributed by atoms with Crippen molar-refractivity contribution in [3.8, 4) is 0 Å². The molecule has 4 amide bonds. The maximum Gasteiger partial charge on any atom is 0.335 e. The molecule has 0 aromatic heterocycles. The normalized spacial score (nSPS) is 13.9. The van der Waals surface area contributed by atoms with Gasteiger partial charge in [-0.05, 0) is 17.7 Å². The highest BCUT2D eigenvalue weighted by Crippen LogP contribution is 2.24. The molecule has 0 saturated carbocycles. The Balaban J connectivity index is 1.72. The number of imide groups is 1. The average molecular weight is 353 g/mol. The highest BCUT2D eigenvalue weighted by Gasteiger charge is 2.38. The lowest BCUT2D eigenvalue weighted by molar-refractivity contribution is -0.169. The van der Waals surface area contributed by atoms with Crippen molar-refractivity contribution in [1.29, 1.82) is 0 Å². The van der Waals surface area contributed by atoms with Gasteiger partial charge in [-0.3, -0.25) is 9.59 Å². The molecule has 132 valence electrons. The van der Waals surface area contributed by atoms with Crippen molar-refractivity contribution in [2.24, 2.45) is 5.73 Å². The zero-order valence-electron chi connectivity index (χ0n) is 13.5. The van der Waals surface area contributed by atoms with E-state index in [0.717, 1.165) is 0 Å². The van der Waals surface area contributed by atoms with Crippen LogP contribution in [0.25, 0.3) is 0 Å². The first-order chi connectivity index (χ1) is 12.5. The fourth-order valence-electron chi connectivity index (χ4n) is 2.67. The molecule has 3 rings (SSSR count). The predicted molar refractivity (Wildman–Crippen MR) is 89.6 cm³/mol. The van der Waals surface area contributed by atoms with E-state index in [9.17, 15) is 19.2 Å². The van der Waals surface area contributed by atoms with E-state index in [0.29, 0.717) is 10.6 Å². The number of amides is 4. The lowest BCUT2D eigenvalue weighted by Gasteiger charge is -2.19. The van der Waals surface area contributed by atoms with Crippen LogP contribution in [0.5, 0.6) is 0 Å². The molecule has 0 radical (unpaired) electrons. The Labute approximate surface area is 148 Å². The van der Waals surface area contributed by atoms with E-state index < -0.39 is 29.9 Å². The number of carbonyl (C=O) groups is 4. The first-order valence-corrected chi connectivity index (χ1v) is 7.77. The molecule has 0 aliphatic carbocycles. The number of nitrogens with zero attached hydrogens (tertiary/aromatic N) is 1. The molecular formula is C18H15N3O5. The number of rotatable bonds is 5. The SMILES string of the molecule is NC(=O)NC(CC(=O)ON1C(=O)c2ccccc2C1=O)c1ccccc1. The standard InChI is InChI=1S/C18H15N3O5/c19-18(25)20-14(11-6-2-1-3-7-11)10-15(22)26-21-16(23)12-8-4-5-9-13(12)17(21)24/h1-9,14H,10H2,(H3,19,20,25). The van der Waals surface area contributed by atoms with Gasteiger partial charge in [-0.15, -0.1) is 0 Å². The minimum atomic E-state index is -0.859. The van der Waals surface area contributed by atoms with Gasteiger partial charge in [-0.25, -0.2) is 9.59 Å². The molecule has 26 heavy (non-hydrogen) atoms. The van der Waals surface area contributed by atoms with Crippen LogP contribution < -0.4 is 11.1 Å². The molecule has 0 fully saturated rings. The number of carbonyl (C=O) groups excluding carboxylic acids is 4. The Morgan fingerprint density at radius 2 is 1.50 bits per heavy atom. The van der Waals surface area contributed by atoms with Crippen molar-refractivity contribution < 1.29 is 24.0 Å². The Kier molecular flexibility index (Phi) is 4.66. The molecule has 1 heterocycles. The van der Waals surface area contributed by atoms with Gasteiger partial charge in [0.1, 0.15) is 0 Å². The van der Waals surface area contributed by atoms with Crippen LogP contribution in [0.3, 0.4) is 0 Å². The predicted octanol–water partition coefficient (Wildman–Crippen LogP) is 1.54. The first kappa shape index (κ1) is 17.2. The Hall–Kier alpha value is -3.68. The van der Waals surface area contributed by atoms with Crippen molar-refractivity contribution in [1.82, 2.24) is 10.4 Å². The van der Waals surface area contributed by atoms with Gasteiger partial charge in [0.15, 0.2) is 0 Å². The number of nitrogens with one attached hydrogen (secondary N) is 1. The second-order valence-electron chi connectivity index (χ2n) is 5.59. The molecule has 3 N–H and O–H groups in total. The minimum absolute atomic E-state index is 0.167. The van der Waals surface area contributed by atoms with E-state index in [2.05, 4.69) is 5.32 Å². The van der Waals surface area contributed by atoms with Crippen LogP contribution in [0, 0.1) is 0 Å². The number of fused-ring (bicyclic) bond motifs is 1. The van der Waals surface area contributed by atoms with Gasteiger partial charge in [0, 0.05) is 0 Å². The monoisotopic (exact) mass is 353 g/mol. The Morgan fingerprint density at radius 3 is 2.04 bits per heavy atom. The van der Waals surface area contributed by atoms with Gasteiger partial charge < -0.3 is 15.9 Å². The number of hydrogen-bond acceptors (Lipinski definition) is 5. The van der Waals surface area contributed by atoms with Gasteiger partial charge in [0.25, 0.3) is 11.8 Å². The Bertz CT molecular complexity index is 846. The van der Waals surface area contributed by atoms with E-state index in [4.69, 9.17) is 10.6 Å². The zero-order valence-corrected chi connectivity index (χ0v) is 13.5.